The van der Waals surface area contributed by atoms with Gasteiger partial charge in [0.15, 0.2) is 0 Å². The molecule has 0 spiro atoms. The van der Waals surface area contributed by atoms with Gasteiger partial charge in [0.05, 0.1) is 6.61 Å². The van der Waals surface area contributed by atoms with Crippen LogP contribution in [0, 0.1) is 0 Å². The molecule has 0 aromatic heterocycles. The Bertz CT molecular complexity index is 146. The summed E-state index contributed by atoms with van der Waals surface area (Å²) in [6.45, 7) is 6.54. The Morgan fingerprint density at radius 1 is 1.17 bits per heavy atom. The molecule has 1 heterocycles. The van der Waals surface area contributed by atoms with E-state index in [2.05, 4.69) is 18.7 Å². The lowest BCUT2D eigenvalue weighted by molar-refractivity contribution is 0.114. The third kappa shape index (κ3) is 1.64. The minimum atomic E-state index is 0.698. The van der Waals surface area contributed by atoms with Gasteiger partial charge in [0.25, 0.3) is 0 Å². The van der Waals surface area contributed by atoms with Crippen molar-refractivity contribution < 1.29 is 4.74 Å². The van der Waals surface area contributed by atoms with E-state index in [1.807, 2.05) is 0 Å². The van der Waals surface area contributed by atoms with Gasteiger partial charge in [-0.25, -0.2) is 0 Å². The molecule has 2 rings (SSSR count). The number of rotatable bonds is 3. The third-order valence-corrected chi connectivity index (χ3v) is 2.89. The fourth-order valence-corrected chi connectivity index (χ4v) is 2.27. The first-order valence-electron chi connectivity index (χ1n) is 5.14. The highest BCUT2D eigenvalue weighted by Gasteiger charge is 2.36. The summed E-state index contributed by atoms with van der Waals surface area (Å²) >= 11 is 0. The quantitative estimate of drug-likeness (QED) is 0.637. The van der Waals surface area contributed by atoms with Gasteiger partial charge in [0.1, 0.15) is 0 Å². The minimum Gasteiger partial charge on any atom is -0.380 e. The van der Waals surface area contributed by atoms with E-state index in [0.29, 0.717) is 6.04 Å². The van der Waals surface area contributed by atoms with E-state index in [4.69, 9.17) is 4.74 Å². The molecule has 1 saturated heterocycles. The first kappa shape index (κ1) is 8.52. The lowest BCUT2D eigenvalue weighted by atomic mass is 10.1. The molecule has 2 heteroatoms. The molecule has 1 atom stereocenters. The van der Waals surface area contributed by atoms with Crippen LogP contribution in [0.5, 0.6) is 0 Å². The van der Waals surface area contributed by atoms with Crippen LogP contribution in [-0.2, 0) is 4.74 Å². The maximum absolute atomic E-state index is 5.42. The van der Waals surface area contributed by atoms with Crippen LogP contribution in [0.4, 0.5) is 0 Å². The highest BCUT2D eigenvalue weighted by molar-refractivity contribution is 4.91. The third-order valence-electron chi connectivity index (χ3n) is 2.89. The first-order chi connectivity index (χ1) is 5.79. The van der Waals surface area contributed by atoms with Crippen LogP contribution < -0.4 is 0 Å². The summed E-state index contributed by atoms with van der Waals surface area (Å²) in [7, 11) is 0. The fraction of sp³-hybridized carbons (Fsp3) is 1.00. The van der Waals surface area contributed by atoms with E-state index in [-0.39, 0.29) is 0 Å². The molecule has 1 aliphatic carbocycles. The summed E-state index contributed by atoms with van der Waals surface area (Å²) in [5.41, 5.74) is 0. The molecule has 70 valence electrons. The molecular weight excluding hydrogens is 150 g/mol. The van der Waals surface area contributed by atoms with Crippen molar-refractivity contribution in [1.29, 1.82) is 0 Å². The van der Waals surface area contributed by atoms with Gasteiger partial charge in [-0.3, -0.25) is 4.90 Å². The highest BCUT2D eigenvalue weighted by atomic mass is 16.5. The van der Waals surface area contributed by atoms with Crippen LogP contribution >= 0.6 is 0 Å². The first-order valence-corrected chi connectivity index (χ1v) is 5.14. The Hall–Kier alpha value is -0.0800. The van der Waals surface area contributed by atoms with Crippen molar-refractivity contribution in [2.24, 2.45) is 0 Å². The number of nitrogens with zero attached hydrogens (tertiary/aromatic N) is 1. The zero-order chi connectivity index (χ0) is 8.55. The molecule has 1 aliphatic heterocycles. The molecule has 0 aromatic carbocycles. The van der Waals surface area contributed by atoms with Crippen LogP contribution in [-0.4, -0.2) is 36.2 Å². The second-order valence-corrected chi connectivity index (χ2v) is 4.29. The molecule has 0 unspecified atom stereocenters. The maximum Gasteiger partial charge on any atom is 0.0622 e. The van der Waals surface area contributed by atoms with Gasteiger partial charge < -0.3 is 4.74 Å². The summed E-state index contributed by atoms with van der Waals surface area (Å²) in [6.07, 6.45) is 4.07. The van der Waals surface area contributed by atoms with Crippen molar-refractivity contribution in [2.45, 2.75) is 51.2 Å². The lowest BCUT2D eigenvalue weighted by Gasteiger charge is -2.31. The second-order valence-electron chi connectivity index (χ2n) is 4.29. The topological polar surface area (TPSA) is 12.5 Å². The molecule has 0 bridgehead atoms. The molecule has 2 fully saturated rings. The van der Waals surface area contributed by atoms with Crippen LogP contribution in [0.15, 0.2) is 0 Å². The Kier molecular flexibility index (Phi) is 2.37. The van der Waals surface area contributed by atoms with Crippen LogP contribution in [0.25, 0.3) is 0 Å². The summed E-state index contributed by atoms with van der Waals surface area (Å²) in [4.78, 5) is 2.66. The summed E-state index contributed by atoms with van der Waals surface area (Å²) < 4.78 is 5.42. The van der Waals surface area contributed by atoms with E-state index in [1.54, 1.807) is 0 Å². The molecule has 0 radical (unpaired) electrons. The Morgan fingerprint density at radius 2 is 1.92 bits per heavy atom. The van der Waals surface area contributed by atoms with E-state index in [9.17, 15) is 0 Å². The maximum atomic E-state index is 5.42. The van der Waals surface area contributed by atoms with Crippen molar-refractivity contribution in [3.05, 3.63) is 0 Å². The predicted molar refractivity (Wildman–Crippen MR) is 49.2 cm³/mol. The van der Waals surface area contributed by atoms with Crippen molar-refractivity contribution in [3.8, 4) is 0 Å². The zero-order valence-corrected chi connectivity index (χ0v) is 8.12. The van der Waals surface area contributed by atoms with Crippen molar-refractivity contribution in [1.82, 2.24) is 4.90 Å². The van der Waals surface area contributed by atoms with Crippen LogP contribution in [0.1, 0.15) is 33.1 Å². The second kappa shape index (κ2) is 3.35. The van der Waals surface area contributed by atoms with Gasteiger partial charge in [0, 0.05) is 24.7 Å². The summed E-state index contributed by atoms with van der Waals surface area (Å²) in [6, 6.07) is 2.30. The molecule has 2 aliphatic rings. The highest BCUT2D eigenvalue weighted by Crippen LogP contribution is 2.32. The molecule has 2 nitrogen and oxygen atoms in total. The predicted octanol–water partition coefficient (Wildman–Crippen LogP) is 1.65. The average Bonchev–Trinajstić information content (AvgIpc) is 2.65. The Balaban J connectivity index is 1.94. The van der Waals surface area contributed by atoms with Gasteiger partial charge in [-0.15, -0.1) is 0 Å². The summed E-state index contributed by atoms with van der Waals surface area (Å²) in [5, 5.41) is 0. The Morgan fingerprint density at radius 3 is 2.33 bits per heavy atom. The van der Waals surface area contributed by atoms with Crippen molar-refractivity contribution >= 4 is 0 Å². The van der Waals surface area contributed by atoms with Crippen molar-refractivity contribution in [3.63, 3.8) is 0 Å². The van der Waals surface area contributed by atoms with E-state index >= 15 is 0 Å². The van der Waals surface area contributed by atoms with Gasteiger partial charge in [-0.1, -0.05) is 0 Å². The standard InChI is InChI=1S/C10H19NO/c1-8(2)11(9-3-4-9)10-5-6-12-7-10/h8-10H,3-7H2,1-2H3/t10-/m1/s1. The van der Waals surface area contributed by atoms with Crippen LogP contribution in [0.3, 0.4) is 0 Å². The zero-order valence-electron chi connectivity index (χ0n) is 8.12. The molecule has 12 heavy (non-hydrogen) atoms. The minimum absolute atomic E-state index is 0.698. The van der Waals surface area contributed by atoms with E-state index in [0.717, 1.165) is 25.3 Å². The molecule has 0 aromatic rings. The SMILES string of the molecule is CC(C)N(C1CC1)[C@@H]1CCOC1. The number of ether oxygens (including phenoxy) is 1. The normalized spacial score (nSPS) is 30.5. The molecule has 0 N–H and O–H groups in total. The fourth-order valence-electron chi connectivity index (χ4n) is 2.27. The Labute approximate surface area is 74.9 Å². The van der Waals surface area contributed by atoms with Crippen molar-refractivity contribution in [2.75, 3.05) is 13.2 Å². The van der Waals surface area contributed by atoms with Gasteiger partial charge in [-0.2, -0.15) is 0 Å². The van der Waals surface area contributed by atoms with Gasteiger partial charge in [0.2, 0.25) is 0 Å². The van der Waals surface area contributed by atoms with Crippen LogP contribution in [0.2, 0.25) is 0 Å². The smallest absolute Gasteiger partial charge is 0.0622 e. The monoisotopic (exact) mass is 169 g/mol. The van der Waals surface area contributed by atoms with Gasteiger partial charge in [-0.05, 0) is 33.1 Å². The lowest BCUT2D eigenvalue weighted by Crippen LogP contribution is -2.42. The average molecular weight is 169 g/mol. The summed E-state index contributed by atoms with van der Waals surface area (Å²) in [5.74, 6) is 0. The van der Waals surface area contributed by atoms with Gasteiger partial charge >= 0.3 is 0 Å². The molecule has 1 saturated carbocycles. The number of hydrogen-bond donors (Lipinski definition) is 0. The van der Waals surface area contributed by atoms with E-state index in [1.165, 1.54) is 19.3 Å². The largest absolute Gasteiger partial charge is 0.380 e. The number of hydrogen-bond acceptors (Lipinski definition) is 2. The molecule has 0 amide bonds. The van der Waals surface area contributed by atoms with E-state index < -0.39 is 0 Å². The molecular formula is C10H19NO.